The topological polar surface area (TPSA) is 77.1 Å². The summed E-state index contributed by atoms with van der Waals surface area (Å²) >= 11 is 1.40. The van der Waals surface area contributed by atoms with Crippen LogP contribution in [0.15, 0.2) is 28.9 Å². The van der Waals surface area contributed by atoms with Gasteiger partial charge < -0.3 is 9.32 Å². The van der Waals surface area contributed by atoms with Gasteiger partial charge in [0.05, 0.1) is 17.9 Å². The monoisotopic (exact) mass is 357 g/mol. The smallest absolute Gasteiger partial charge is 0.265 e. The summed E-state index contributed by atoms with van der Waals surface area (Å²) in [4.78, 5) is 20.0. The van der Waals surface area contributed by atoms with Crippen molar-refractivity contribution < 1.29 is 9.21 Å². The van der Waals surface area contributed by atoms with Crippen molar-refractivity contribution in [2.24, 2.45) is 0 Å². The van der Waals surface area contributed by atoms with E-state index in [1.165, 1.54) is 11.3 Å². The summed E-state index contributed by atoms with van der Waals surface area (Å²) < 4.78 is 7.51. The Labute approximate surface area is 149 Å². The summed E-state index contributed by atoms with van der Waals surface area (Å²) in [5.74, 6) is 1.61. The first-order valence-corrected chi connectivity index (χ1v) is 9.13. The summed E-state index contributed by atoms with van der Waals surface area (Å²) in [6, 6.07) is 4.12. The number of aryl methyl sites for hydroxylation is 2. The van der Waals surface area contributed by atoms with Crippen molar-refractivity contribution in [3.63, 3.8) is 0 Å². The predicted octanol–water partition coefficient (Wildman–Crippen LogP) is 3.09. The van der Waals surface area contributed by atoms with Gasteiger partial charge in [0.15, 0.2) is 10.8 Å². The molecule has 25 heavy (non-hydrogen) atoms. The van der Waals surface area contributed by atoms with Crippen LogP contribution in [0.1, 0.15) is 40.0 Å². The highest BCUT2D eigenvalue weighted by Crippen LogP contribution is 2.31. The molecule has 1 aliphatic heterocycles. The molecular formula is C17H19N5O2S. The maximum atomic E-state index is 12.9. The van der Waals surface area contributed by atoms with E-state index in [0.29, 0.717) is 10.9 Å². The highest BCUT2D eigenvalue weighted by atomic mass is 32.1. The molecule has 1 fully saturated rings. The van der Waals surface area contributed by atoms with Crippen molar-refractivity contribution >= 4 is 17.2 Å². The fourth-order valence-electron chi connectivity index (χ4n) is 3.14. The van der Waals surface area contributed by atoms with Gasteiger partial charge in [0.1, 0.15) is 10.6 Å². The number of nitrogens with zero attached hydrogens (tertiary/aromatic N) is 5. The summed E-state index contributed by atoms with van der Waals surface area (Å²) in [5, 5.41) is 8.68. The molecule has 130 valence electrons. The van der Waals surface area contributed by atoms with E-state index >= 15 is 0 Å². The van der Waals surface area contributed by atoms with E-state index in [1.54, 1.807) is 6.20 Å². The van der Waals surface area contributed by atoms with Gasteiger partial charge in [-0.25, -0.2) is 9.67 Å². The Morgan fingerprint density at radius 2 is 2.08 bits per heavy atom. The van der Waals surface area contributed by atoms with Crippen LogP contribution in [0.4, 0.5) is 0 Å². The van der Waals surface area contributed by atoms with Crippen LogP contribution < -0.4 is 0 Å². The van der Waals surface area contributed by atoms with E-state index in [4.69, 9.17) is 4.42 Å². The van der Waals surface area contributed by atoms with Gasteiger partial charge in [0, 0.05) is 19.3 Å². The third-order valence-corrected chi connectivity index (χ3v) is 5.67. The number of amides is 1. The van der Waals surface area contributed by atoms with Crippen LogP contribution in [0, 0.1) is 13.8 Å². The second-order valence-corrected chi connectivity index (χ2v) is 7.25. The second kappa shape index (κ2) is 6.44. The molecule has 0 atom stereocenters. The number of rotatable bonds is 3. The number of thiazole rings is 1. The van der Waals surface area contributed by atoms with Crippen LogP contribution in [0.3, 0.4) is 0 Å². The molecule has 1 aliphatic rings. The van der Waals surface area contributed by atoms with Crippen molar-refractivity contribution in [1.29, 1.82) is 0 Å². The number of carbonyl (C=O) groups excluding carboxylic acids is 1. The number of carbonyl (C=O) groups is 1. The molecule has 0 unspecified atom stereocenters. The molecular weight excluding hydrogens is 338 g/mol. The van der Waals surface area contributed by atoms with Crippen molar-refractivity contribution in [3.05, 3.63) is 40.9 Å². The zero-order valence-electron chi connectivity index (χ0n) is 14.2. The fraction of sp³-hybridized carbons (Fsp3) is 0.412. The Hall–Kier alpha value is -2.48. The zero-order chi connectivity index (χ0) is 17.4. The first kappa shape index (κ1) is 16.0. The van der Waals surface area contributed by atoms with Gasteiger partial charge >= 0.3 is 0 Å². The van der Waals surface area contributed by atoms with Crippen molar-refractivity contribution in [3.8, 4) is 10.8 Å². The molecule has 7 nitrogen and oxygen atoms in total. The molecule has 0 saturated carbocycles. The number of furan rings is 1. The molecule has 0 N–H and O–H groups in total. The van der Waals surface area contributed by atoms with Crippen molar-refractivity contribution in [2.45, 2.75) is 32.7 Å². The van der Waals surface area contributed by atoms with Crippen LogP contribution in [0.25, 0.3) is 10.8 Å². The van der Waals surface area contributed by atoms with Gasteiger partial charge in [0.25, 0.3) is 5.91 Å². The Kier molecular flexibility index (Phi) is 4.12. The maximum Gasteiger partial charge on any atom is 0.265 e. The molecule has 0 bridgehead atoms. The lowest BCUT2D eigenvalue weighted by atomic mass is 10.1. The minimum Gasteiger partial charge on any atom is -0.459 e. The van der Waals surface area contributed by atoms with E-state index in [-0.39, 0.29) is 5.91 Å². The summed E-state index contributed by atoms with van der Waals surface area (Å²) in [7, 11) is 0. The number of hydrogen-bond acceptors (Lipinski definition) is 6. The minimum absolute atomic E-state index is 0.0570. The van der Waals surface area contributed by atoms with E-state index in [2.05, 4.69) is 15.3 Å². The number of aromatic nitrogens is 4. The third kappa shape index (κ3) is 3.09. The van der Waals surface area contributed by atoms with Crippen LogP contribution in [-0.4, -0.2) is 43.9 Å². The number of hydrogen-bond donors (Lipinski definition) is 0. The van der Waals surface area contributed by atoms with E-state index in [1.807, 2.05) is 41.8 Å². The average molecular weight is 357 g/mol. The van der Waals surface area contributed by atoms with Gasteiger partial charge in [0.2, 0.25) is 0 Å². The minimum atomic E-state index is 0.0570. The third-order valence-electron chi connectivity index (χ3n) is 4.51. The van der Waals surface area contributed by atoms with Crippen molar-refractivity contribution in [2.75, 3.05) is 13.1 Å². The van der Waals surface area contributed by atoms with Gasteiger partial charge in [-0.3, -0.25) is 4.79 Å². The SMILES string of the molecule is Cc1ccc(-c2nc(C)c(C(=O)N3CCC(n4ccnn4)CC3)s2)o1. The lowest BCUT2D eigenvalue weighted by molar-refractivity contribution is 0.0693. The molecule has 1 saturated heterocycles. The number of piperidine rings is 1. The molecule has 3 aromatic rings. The summed E-state index contributed by atoms with van der Waals surface area (Å²) in [6.45, 7) is 5.21. The number of likely N-dealkylation sites (tertiary alicyclic amines) is 1. The van der Waals surface area contributed by atoms with Crippen molar-refractivity contribution in [1.82, 2.24) is 24.9 Å². The molecule has 0 aliphatic carbocycles. The maximum absolute atomic E-state index is 12.9. The molecule has 3 aromatic heterocycles. The fourth-order valence-corrected chi connectivity index (χ4v) is 4.13. The molecule has 0 radical (unpaired) electrons. The lowest BCUT2D eigenvalue weighted by Crippen LogP contribution is -2.39. The van der Waals surface area contributed by atoms with Crippen LogP contribution in [-0.2, 0) is 0 Å². The van der Waals surface area contributed by atoms with Gasteiger partial charge in [-0.1, -0.05) is 5.21 Å². The van der Waals surface area contributed by atoms with E-state index in [0.717, 1.165) is 48.2 Å². The van der Waals surface area contributed by atoms with Gasteiger partial charge in [-0.15, -0.1) is 16.4 Å². The first-order chi connectivity index (χ1) is 12.1. The standard InChI is InChI=1S/C17H19N5O2S/c1-11-3-4-14(24-11)16-19-12(2)15(25-16)17(23)21-8-5-13(6-9-21)22-10-7-18-20-22/h3-4,7,10,13H,5-6,8-9H2,1-2H3. The Morgan fingerprint density at radius 1 is 1.28 bits per heavy atom. The summed E-state index contributed by atoms with van der Waals surface area (Å²) in [6.07, 6.45) is 5.34. The highest BCUT2D eigenvalue weighted by Gasteiger charge is 2.27. The average Bonchev–Trinajstić information content (AvgIpc) is 3.35. The van der Waals surface area contributed by atoms with E-state index < -0.39 is 0 Å². The largest absolute Gasteiger partial charge is 0.459 e. The molecule has 4 rings (SSSR count). The van der Waals surface area contributed by atoms with E-state index in [9.17, 15) is 4.79 Å². The Balaban J connectivity index is 1.47. The lowest BCUT2D eigenvalue weighted by Gasteiger charge is -2.31. The zero-order valence-corrected chi connectivity index (χ0v) is 15.0. The van der Waals surface area contributed by atoms with Crippen LogP contribution in [0.5, 0.6) is 0 Å². The Bertz CT molecular complexity index is 875. The Morgan fingerprint density at radius 3 is 2.72 bits per heavy atom. The first-order valence-electron chi connectivity index (χ1n) is 8.31. The molecule has 0 spiro atoms. The molecule has 4 heterocycles. The highest BCUT2D eigenvalue weighted by molar-refractivity contribution is 7.17. The van der Waals surface area contributed by atoms with Crippen LogP contribution in [0.2, 0.25) is 0 Å². The summed E-state index contributed by atoms with van der Waals surface area (Å²) in [5.41, 5.74) is 0.762. The van der Waals surface area contributed by atoms with Gasteiger partial charge in [-0.05, 0) is 38.8 Å². The molecule has 1 amide bonds. The molecule has 0 aromatic carbocycles. The second-order valence-electron chi connectivity index (χ2n) is 6.25. The van der Waals surface area contributed by atoms with Crippen LogP contribution >= 0.6 is 11.3 Å². The predicted molar refractivity (Wildman–Crippen MR) is 93.5 cm³/mol. The molecule has 8 heteroatoms. The normalized spacial score (nSPS) is 15.7. The van der Waals surface area contributed by atoms with Gasteiger partial charge in [-0.2, -0.15) is 0 Å². The quantitative estimate of drug-likeness (QED) is 0.720.